The minimum Gasteiger partial charge on any atom is -0.508 e. The van der Waals surface area contributed by atoms with E-state index >= 15 is 0 Å². The molecule has 10 nitrogen and oxygen atoms in total. The molecule has 5 N–H and O–H groups in total. The first-order valence-corrected chi connectivity index (χ1v) is 13.9. The van der Waals surface area contributed by atoms with Gasteiger partial charge in [0.25, 0.3) is 0 Å². The first-order chi connectivity index (χ1) is 22.0. The van der Waals surface area contributed by atoms with Crippen molar-refractivity contribution in [2.24, 2.45) is 0 Å². The molecule has 0 aliphatic heterocycles. The van der Waals surface area contributed by atoms with Crippen molar-refractivity contribution in [1.29, 1.82) is 0 Å². The molecule has 0 bridgehead atoms. The van der Waals surface area contributed by atoms with Crippen molar-refractivity contribution >= 4 is 33.4 Å². The Hall–Kier alpha value is -6.42. The number of rotatable bonds is 7. The number of phenolic OH excluding ortho intramolecular Hbond substituents is 1. The quantitative estimate of drug-likeness (QED) is 0.171. The van der Waals surface area contributed by atoms with Crippen molar-refractivity contribution in [2.45, 2.75) is 6.61 Å². The molecule has 0 radical (unpaired) electrons. The standard InChI is InChI=1S/C21H17N3O2.C14H11N3O2/c22-21-20-18(23-14-24-21)7-4-8-19(20)26-17-11-9-16(10-12-17)25-13-15-5-2-1-3-6-15;15-14-13-11(16-8-17-14)2-1-3-12(13)19-10-6-4-9(18)5-7-10/h1-12,14H,13H2,(H2,22,23,24);1-8,18H,(H2,15,16,17). The van der Waals surface area contributed by atoms with Crippen LogP contribution in [0.25, 0.3) is 21.8 Å². The predicted octanol–water partition coefficient (Wildman–Crippen LogP) is 7.29. The topological polar surface area (TPSA) is 152 Å². The molecule has 2 aromatic heterocycles. The van der Waals surface area contributed by atoms with Crippen molar-refractivity contribution < 1.29 is 19.3 Å². The average molecular weight is 597 g/mol. The molecule has 7 aromatic rings. The van der Waals surface area contributed by atoms with Gasteiger partial charge in [0, 0.05) is 0 Å². The normalized spacial score (nSPS) is 10.6. The number of hydrogen-bond acceptors (Lipinski definition) is 10. The van der Waals surface area contributed by atoms with Gasteiger partial charge in [0.05, 0.1) is 21.8 Å². The minimum atomic E-state index is 0.188. The van der Waals surface area contributed by atoms with Gasteiger partial charge in [-0.15, -0.1) is 0 Å². The highest BCUT2D eigenvalue weighted by atomic mass is 16.5. The van der Waals surface area contributed by atoms with Gasteiger partial charge >= 0.3 is 0 Å². The van der Waals surface area contributed by atoms with Crippen molar-refractivity contribution in [1.82, 2.24) is 19.9 Å². The van der Waals surface area contributed by atoms with Gasteiger partial charge in [-0.05, 0) is 78.4 Å². The van der Waals surface area contributed by atoms with Crippen LogP contribution in [0.15, 0.2) is 128 Å². The highest BCUT2D eigenvalue weighted by Crippen LogP contribution is 2.33. The first kappa shape index (κ1) is 28.7. The summed E-state index contributed by atoms with van der Waals surface area (Å²) >= 11 is 0. The Morgan fingerprint density at radius 3 is 1.53 bits per heavy atom. The summed E-state index contributed by atoms with van der Waals surface area (Å²) in [4.78, 5) is 16.4. The largest absolute Gasteiger partial charge is 0.508 e. The second-order valence-corrected chi connectivity index (χ2v) is 9.76. The van der Waals surface area contributed by atoms with Crippen molar-refractivity contribution in [3.8, 4) is 34.5 Å². The van der Waals surface area contributed by atoms with Gasteiger partial charge in [-0.2, -0.15) is 0 Å². The number of aromatic nitrogens is 4. The Balaban J connectivity index is 0.000000167. The monoisotopic (exact) mass is 596 g/mol. The average Bonchev–Trinajstić information content (AvgIpc) is 3.07. The zero-order chi connectivity index (χ0) is 31.0. The Morgan fingerprint density at radius 2 is 1.00 bits per heavy atom. The van der Waals surface area contributed by atoms with Crippen LogP contribution in [0, 0.1) is 0 Å². The number of nitrogens with zero attached hydrogens (tertiary/aromatic N) is 4. The molecule has 45 heavy (non-hydrogen) atoms. The Bertz CT molecular complexity index is 2030. The summed E-state index contributed by atoms with van der Waals surface area (Å²) in [5, 5.41) is 10.6. The number of fused-ring (bicyclic) bond motifs is 2. The number of hydrogen-bond donors (Lipinski definition) is 3. The second-order valence-electron chi connectivity index (χ2n) is 9.76. The third kappa shape index (κ3) is 6.98. The maximum Gasteiger partial charge on any atom is 0.140 e. The SMILES string of the molecule is Nc1ncnc2cccc(Oc3ccc(O)cc3)c12.Nc1ncnc2cccc(Oc3ccc(OCc4ccccc4)cc3)c12. The maximum atomic E-state index is 9.24. The van der Waals surface area contributed by atoms with Crippen LogP contribution in [0.3, 0.4) is 0 Å². The van der Waals surface area contributed by atoms with E-state index in [1.807, 2.05) is 84.9 Å². The lowest BCUT2D eigenvalue weighted by molar-refractivity contribution is 0.306. The molecule has 7 rings (SSSR count). The first-order valence-electron chi connectivity index (χ1n) is 13.9. The van der Waals surface area contributed by atoms with E-state index in [1.165, 1.54) is 12.7 Å². The molecule has 0 unspecified atom stereocenters. The summed E-state index contributed by atoms with van der Waals surface area (Å²) < 4.78 is 17.5. The molecule has 0 spiro atoms. The van der Waals surface area contributed by atoms with Gasteiger partial charge in [0.1, 0.15) is 65.4 Å². The molecular weight excluding hydrogens is 568 g/mol. The van der Waals surface area contributed by atoms with E-state index in [-0.39, 0.29) is 5.75 Å². The lowest BCUT2D eigenvalue weighted by atomic mass is 10.2. The van der Waals surface area contributed by atoms with Crippen LogP contribution in [0.5, 0.6) is 34.5 Å². The van der Waals surface area contributed by atoms with Crippen LogP contribution in [-0.2, 0) is 6.61 Å². The fourth-order valence-electron chi connectivity index (χ4n) is 4.49. The molecule has 5 aromatic carbocycles. The Kier molecular flexibility index (Phi) is 8.45. The van der Waals surface area contributed by atoms with Crippen molar-refractivity contribution in [3.05, 3.63) is 133 Å². The molecule has 0 amide bonds. The molecule has 10 heteroatoms. The van der Waals surface area contributed by atoms with E-state index in [0.717, 1.165) is 22.3 Å². The van der Waals surface area contributed by atoms with Crippen LogP contribution >= 0.6 is 0 Å². The molecule has 0 aliphatic rings. The number of phenols is 1. The molecular formula is C35H28N6O4. The molecule has 222 valence electrons. The highest BCUT2D eigenvalue weighted by molar-refractivity contribution is 5.94. The summed E-state index contributed by atoms with van der Waals surface area (Å²) in [5.74, 6) is 4.24. The van der Waals surface area contributed by atoms with Gasteiger partial charge < -0.3 is 30.8 Å². The molecule has 0 fully saturated rings. The second kappa shape index (κ2) is 13.3. The molecule has 0 atom stereocenters. The predicted molar refractivity (Wildman–Crippen MR) is 173 cm³/mol. The lowest BCUT2D eigenvalue weighted by Gasteiger charge is -2.11. The number of aromatic hydroxyl groups is 1. The molecule has 0 saturated heterocycles. The fourth-order valence-corrected chi connectivity index (χ4v) is 4.49. The van der Waals surface area contributed by atoms with Crippen LogP contribution in [0.4, 0.5) is 11.6 Å². The molecule has 2 heterocycles. The lowest BCUT2D eigenvalue weighted by Crippen LogP contribution is -1.96. The van der Waals surface area contributed by atoms with Crippen LogP contribution < -0.4 is 25.7 Å². The van der Waals surface area contributed by atoms with Gasteiger partial charge in [-0.1, -0.05) is 42.5 Å². The van der Waals surface area contributed by atoms with Crippen LogP contribution in [0.2, 0.25) is 0 Å². The van der Waals surface area contributed by atoms with Crippen LogP contribution in [-0.4, -0.2) is 25.0 Å². The number of anilines is 2. The minimum absolute atomic E-state index is 0.188. The summed E-state index contributed by atoms with van der Waals surface area (Å²) in [6.45, 7) is 0.526. The maximum absolute atomic E-state index is 9.24. The Labute approximate surface area is 258 Å². The van der Waals surface area contributed by atoms with E-state index in [0.29, 0.717) is 52.0 Å². The Morgan fingerprint density at radius 1 is 0.511 bits per heavy atom. The summed E-state index contributed by atoms with van der Waals surface area (Å²) in [5.41, 5.74) is 14.4. The number of benzene rings is 5. The van der Waals surface area contributed by atoms with E-state index in [4.69, 9.17) is 25.7 Å². The van der Waals surface area contributed by atoms with E-state index in [9.17, 15) is 5.11 Å². The van der Waals surface area contributed by atoms with Gasteiger partial charge in [-0.3, -0.25) is 0 Å². The molecule has 0 aliphatic carbocycles. The van der Waals surface area contributed by atoms with Crippen molar-refractivity contribution in [3.63, 3.8) is 0 Å². The summed E-state index contributed by atoms with van der Waals surface area (Å²) in [7, 11) is 0. The van der Waals surface area contributed by atoms with Gasteiger partial charge in [-0.25, -0.2) is 19.9 Å². The highest BCUT2D eigenvalue weighted by Gasteiger charge is 2.10. The van der Waals surface area contributed by atoms with E-state index in [1.54, 1.807) is 30.3 Å². The zero-order valence-corrected chi connectivity index (χ0v) is 23.9. The fraction of sp³-hybridized carbons (Fsp3) is 0.0286. The number of nitrogen functional groups attached to an aromatic ring is 2. The molecule has 0 saturated carbocycles. The summed E-state index contributed by atoms with van der Waals surface area (Å²) in [6, 6.07) is 35.1. The number of ether oxygens (including phenoxy) is 3. The summed E-state index contributed by atoms with van der Waals surface area (Å²) in [6.07, 6.45) is 2.86. The van der Waals surface area contributed by atoms with Gasteiger partial charge in [0.15, 0.2) is 0 Å². The zero-order valence-electron chi connectivity index (χ0n) is 23.9. The van der Waals surface area contributed by atoms with E-state index in [2.05, 4.69) is 19.9 Å². The third-order valence-electron chi connectivity index (χ3n) is 6.67. The van der Waals surface area contributed by atoms with Gasteiger partial charge in [0.2, 0.25) is 0 Å². The van der Waals surface area contributed by atoms with Crippen molar-refractivity contribution in [2.75, 3.05) is 11.5 Å². The number of nitrogens with two attached hydrogens (primary N) is 2. The van der Waals surface area contributed by atoms with E-state index < -0.39 is 0 Å². The third-order valence-corrected chi connectivity index (χ3v) is 6.67. The smallest absolute Gasteiger partial charge is 0.140 e. The van der Waals surface area contributed by atoms with Crippen LogP contribution in [0.1, 0.15) is 5.56 Å².